The van der Waals surface area contributed by atoms with Crippen LogP contribution in [0.2, 0.25) is 0 Å². The Labute approximate surface area is 164 Å². The number of anilines is 1. The van der Waals surface area contributed by atoms with Crippen molar-refractivity contribution in [3.8, 4) is 23.0 Å². The largest absolute Gasteiger partial charge is 0.497 e. The van der Waals surface area contributed by atoms with Crippen molar-refractivity contribution < 1.29 is 23.7 Å². The van der Waals surface area contributed by atoms with Gasteiger partial charge in [-0.3, -0.25) is 9.69 Å². The van der Waals surface area contributed by atoms with Crippen LogP contribution >= 0.6 is 0 Å². The van der Waals surface area contributed by atoms with E-state index in [1.807, 2.05) is 24.3 Å². The highest BCUT2D eigenvalue weighted by Gasteiger charge is 2.30. The fourth-order valence-corrected chi connectivity index (χ4v) is 3.82. The van der Waals surface area contributed by atoms with Crippen molar-refractivity contribution >= 4 is 11.6 Å². The summed E-state index contributed by atoms with van der Waals surface area (Å²) in [7, 11) is 3.29. The molecule has 1 N–H and O–H groups in total. The Hall–Kier alpha value is -2.93. The number of benzene rings is 2. The third-order valence-corrected chi connectivity index (χ3v) is 5.17. The zero-order valence-corrected chi connectivity index (χ0v) is 16.1. The zero-order valence-electron chi connectivity index (χ0n) is 16.1. The van der Waals surface area contributed by atoms with Gasteiger partial charge in [-0.05, 0) is 37.6 Å². The Balaban J connectivity index is 1.44. The van der Waals surface area contributed by atoms with Gasteiger partial charge in [0.2, 0.25) is 12.7 Å². The molecule has 7 heteroatoms. The van der Waals surface area contributed by atoms with E-state index in [2.05, 4.69) is 10.2 Å². The third kappa shape index (κ3) is 3.71. The molecule has 0 aliphatic carbocycles. The van der Waals surface area contributed by atoms with Gasteiger partial charge in [-0.1, -0.05) is 6.07 Å². The number of likely N-dealkylation sites (tertiary alicyclic amines) is 1. The van der Waals surface area contributed by atoms with Crippen molar-refractivity contribution in [3.05, 3.63) is 42.0 Å². The van der Waals surface area contributed by atoms with E-state index < -0.39 is 0 Å². The summed E-state index contributed by atoms with van der Waals surface area (Å²) in [5.74, 6) is 2.83. The van der Waals surface area contributed by atoms with Gasteiger partial charge in [-0.15, -0.1) is 0 Å². The van der Waals surface area contributed by atoms with Crippen LogP contribution in [0.1, 0.15) is 24.4 Å². The number of hydrogen-bond donors (Lipinski definition) is 1. The molecule has 2 heterocycles. The molecule has 2 aromatic carbocycles. The number of carbonyl (C=O) groups excluding carboxylic acids is 1. The molecule has 0 spiro atoms. The summed E-state index contributed by atoms with van der Waals surface area (Å²) in [5.41, 5.74) is 1.78. The van der Waals surface area contributed by atoms with E-state index in [0.717, 1.165) is 36.4 Å². The Morgan fingerprint density at radius 3 is 2.82 bits per heavy atom. The molecule has 1 fully saturated rings. The van der Waals surface area contributed by atoms with Crippen molar-refractivity contribution in [3.63, 3.8) is 0 Å². The first-order valence-corrected chi connectivity index (χ1v) is 9.33. The summed E-state index contributed by atoms with van der Waals surface area (Å²) in [6, 6.07) is 11.4. The number of amides is 1. The number of rotatable bonds is 6. The Kier molecular flexibility index (Phi) is 5.25. The lowest BCUT2D eigenvalue weighted by Gasteiger charge is -2.26. The van der Waals surface area contributed by atoms with Crippen LogP contribution in [-0.4, -0.2) is 44.9 Å². The molecule has 148 valence electrons. The van der Waals surface area contributed by atoms with E-state index in [9.17, 15) is 4.79 Å². The summed E-state index contributed by atoms with van der Waals surface area (Å²) < 4.78 is 21.5. The van der Waals surface area contributed by atoms with Crippen LogP contribution in [0.4, 0.5) is 5.69 Å². The van der Waals surface area contributed by atoms with Gasteiger partial charge in [0.1, 0.15) is 11.5 Å². The lowest BCUT2D eigenvalue weighted by molar-refractivity contribution is -0.117. The van der Waals surface area contributed by atoms with E-state index in [1.54, 1.807) is 26.4 Å². The second-order valence-corrected chi connectivity index (χ2v) is 6.85. The minimum atomic E-state index is -0.0572. The molecule has 1 amide bonds. The topological polar surface area (TPSA) is 69.3 Å². The molecule has 4 rings (SSSR count). The quantitative estimate of drug-likeness (QED) is 0.825. The van der Waals surface area contributed by atoms with Gasteiger partial charge in [-0.2, -0.15) is 0 Å². The highest BCUT2D eigenvalue weighted by atomic mass is 16.7. The summed E-state index contributed by atoms with van der Waals surface area (Å²) in [4.78, 5) is 14.8. The normalized spacial score (nSPS) is 18.1. The lowest BCUT2D eigenvalue weighted by Crippen LogP contribution is -2.33. The molecule has 1 unspecified atom stereocenters. The van der Waals surface area contributed by atoms with E-state index in [4.69, 9.17) is 18.9 Å². The standard InChI is InChI=1S/C21H24N2O5/c1-25-15-6-7-16(19(11-15)26-2)17-4-3-9-23(17)12-21(24)22-14-5-8-18-20(10-14)28-13-27-18/h5-8,10-11,17H,3-4,9,12-13H2,1-2H3,(H,22,24). The van der Waals surface area contributed by atoms with Crippen LogP contribution in [0.5, 0.6) is 23.0 Å². The van der Waals surface area contributed by atoms with E-state index in [1.165, 1.54) is 0 Å². The molecule has 0 aromatic heterocycles. The molecule has 0 radical (unpaired) electrons. The third-order valence-electron chi connectivity index (χ3n) is 5.17. The zero-order chi connectivity index (χ0) is 19.5. The van der Waals surface area contributed by atoms with Gasteiger partial charge in [0.05, 0.1) is 20.8 Å². The van der Waals surface area contributed by atoms with Crippen molar-refractivity contribution in [2.75, 3.05) is 39.4 Å². The number of carbonyl (C=O) groups is 1. The molecule has 1 saturated heterocycles. The second kappa shape index (κ2) is 7.98. The maximum absolute atomic E-state index is 12.6. The SMILES string of the molecule is COc1ccc(C2CCCN2CC(=O)Nc2ccc3c(c2)OCO3)c(OC)c1. The predicted molar refractivity (Wildman–Crippen MR) is 104 cm³/mol. The summed E-state index contributed by atoms with van der Waals surface area (Å²) >= 11 is 0. The molecule has 28 heavy (non-hydrogen) atoms. The predicted octanol–water partition coefficient (Wildman–Crippen LogP) is 3.21. The minimum Gasteiger partial charge on any atom is -0.497 e. The summed E-state index contributed by atoms with van der Waals surface area (Å²) in [5, 5.41) is 2.95. The molecular formula is C21H24N2O5. The first-order valence-electron chi connectivity index (χ1n) is 9.33. The Morgan fingerprint density at radius 1 is 1.14 bits per heavy atom. The molecule has 2 aliphatic heterocycles. The number of fused-ring (bicyclic) bond motifs is 1. The van der Waals surface area contributed by atoms with Gasteiger partial charge in [0, 0.05) is 29.4 Å². The lowest BCUT2D eigenvalue weighted by atomic mass is 10.0. The minimum absolute atomic E-state index is 0.0572. The maximum atomic E-state index is 12.6. The van der Waals surface area contributed by atoms with Crippen LogP contribution in [0, 0.1) is 0 Å². The van der Waals surface area contributed by atoms with Crippen molar-refractivity contribution in [1.29, 1.82) is 0 Å². The Bertz CT molecular complexity index is 870. The second-order valence-electron chi connectivity index (χ2n) is 6.85. The summed E-state index contributed by atoms with van der Waals surface area (Å²) in [6.45, 7) is 1.40. The van der Waals surface area contributed by atoms with E-state index >= 15 is 0 Å². The van der Waals surface area contributed by atoms with Gasteiger partial charge in [-0.25, -0.2) is 0 Å². The molecular weight excluding hydrogens is 360 g/mol. The number of nitrogens with one attached hydrogen (secondary N) is 1. The highest BCUT2D eigenvalue weighted by Crippen LogP contribution is 2.38. The van der Waals surface area contributed by atoms with Crippen molar-refractivity contribution in [1.82, 2.24) is 4.90 Å². The molecule has 0 bridgehead atoms. The van der Waals surface area contributed by atoms with Crippen LogP contribution < -0.4 is 24.3 Å². The monoisotopic (exact) mass is 384 g/mol. The first kappa shape index (κ1) is 18.4. The number of methoxy groups -OCH3 is 2. The highest BCUT2D eigenvalue weighted by molar-refractivity contribution is 5.92. The number of hydrogen-bond acceptors (Lipinski definition) is 6. The van der Waals surface area contributed by atoms with Gasteiger partial charge < -0.3 is 24.3 Å². The van der Waals surface area contributed by atoms with Crippen LogP contribution in [0.15, 0.2) is 36.4 Å². The van der Waals surface area contributed by atoms with Crippen LogP contribution in [0.25, 0.3) is 0 Å². The molecule has 7 nitrogen and oxygen atoms in total. The average molecular weight is 384 g/mol. The van der Waals surface area contributed by atoms with Crippen molar-refractivity contribution in [2.24, 2.45) is 0 Å². The van der Waals surface area contributed by atoms with Gasteiger partial charge in [0.25, 0.3) is 0 Å². The molecule has 0 saturated carbocycles. The van der Waals surface area contributed by atoms with Crippen LogP contribution in [-0.2, 0) is 4.79 Å². The fourth-order valence-electron chi connectivity index (χ4n) is 3.82. The average Bonchev–Trinajstić information content (AvgIpc) is 3.36. The summed E-state index contributed by atoms with van der Waals surface area (Å²) in [6.07, 6.45) is 2.02. The fraction of sp³-hybridized carbons (Fsp3) is 0.381. The van der Waals surface area contributed by atoms with Gasteiger partial charge in [0.15, 0.2) is 11.5 Å². The molecule has 2 aliphatic rings. The Morgan fingerprint density at radius 2 is 2.00 bits per heavy atom. The van der Waals surface area contributed by atoms with E-state index in [0.29, 0.717) is 23.7 Å². The smallest absolute Gasteiger partial charge is 0.238 e. The van der Waals surface area contributed by atoms with Crippen LogP contribution in [0.3, 0.4) is 0 Å². The number of ether oxygens (including phenoxy) is 4. The van der Waals surface area contributed by atoms with E-state index in [-0.39, 0.29) is 18.7 Å². The molecule has 1 atom stereocenters. The van der Waals surface area contributed by atoms with Gasteiger partial charge >= 0.3 is 0 Å². The van der Waals surface area contributed by atoms with Crippen molar-refractivity contribution in [2.45, 2.75) is 18.9 Å². The first-order chi connectivity index (χ1) is 13.7. The maximum Gasteiger partial charge on any atom is 0.238 e. The number of nitrogens with zero attached hydrogens (tertiary/aromatic N) is 1. The molecule has 2 aromatic rings.